The van der Waals surface area contributed by atoms with Crippen LogP contribution in [0.1, 0.15) is 37.4 Å². The number of ether oxygens (including phenoxy) is 1. The fourth-order valence-corrected chi connectivity index (χ4v) is 1.71. The molecule has 15 heavy (non-hydrogen) atoms. The predicted molar refractivity (Wildman–Crippen MR) is 63.8 cm³/mol. The van der Waals surface area contributed by atoms with E-state index in [0.29, 0.717) is 0 Å². The first-order chi connectivity index (χ1) is 7.03. The third kappa shape index (κ3) is 2.58. The first kappa shape index (κ1) is 12.2. The molecule has 2 N–H and O–H groups in total. The Balaban J connectivity index is 2.97. The standard InChI is InChI=1S/C13H21NO/c1-5-13(3,15-4)12(14)11-8-6-7-10(2)9-11/h6-9,12H,5,14H2,1-4H3. The van der Waals surface area contributed by atoms with Gasteiger partial charge in [-0.2, -0.15) is 0 Å². The Morgan fingerprint density at radius 2 is 2.13 bits per heavy atom. The van der Waals surface area contributed by atoms with E-state index in [4.69, 9.17) is 10.5 Å². The fourth-order valence-electron chi connectivity index (χ4n) is 1.71. The molecule has 0 amide bonds. The minimum absolute atomic E-state index is 0.0765. The molecule has 1 aromatic rings. The Morgan fingerprint density at radius 1 is 1.47 bits per heavy atom. The Kier molecular flexibility index (Phi) is 3.89. The van der Waals surface area contributed by atoms with Crippen molar-refractivity contribution in [3.05, 3.63) is 35.4 Å². The van der Waals surface area contributed by atoms with E-state index < -0.39 is 0 Å². The summed E-state index contributed by atoms with van der Waals surface area (Å²) in [5.41, 5.74) is 8.33. The van der Waals surface area contributed by atoms with E-state index in [1.807, 2.05) is 6.07 Å². The molecule has 1 rings (SSSR count). The maximum Gasteiger partial charge on any atom is 0.0839 e. The first-order valence-electron chi connectivity index (χ1n) is 5.41. The van der Waals surface area contributed by atoms with Gasteiger partial charge in [-0.25, -0.2) is 0 Å². The van der Waals surface area contributed by atoms with Crippen molar-refractivity contribution in [1.29, 1.82) is 0 Å². The minimum atomic E-state index is -0.284. The maximum absolute atomic E-state index is 6.24. The molecule has 1 aromatic carbocycles. The zero-order valence-electron chi connectivity index (χ0n) is 10.1. The van der Waals surface area contributed by atoms with Crippen molar-refractivity contribution in [3.63, 3.8) is 0 Å². The zero-order valence-corrected chi connectivity index (χ0v) is 10.1. The number of hydrogen-bond donors (Lipinski definition) is 1. The van der Waals surface area contributed by atoms with Crippen LogP contribution in [0.15, 0.2) is 24.3 Å². The van der Waals surface area contributed by atoms with Crippen molar-refractivity contribution in [3.8, 4) is 0 Å². The minimum Gasteiger partial charge on any atom is -0.377 e. The highest BCUT2D eigenvalue weighted by molar-refractivity contribution is 5.26. The van der Waals surface area contributed by atoms with E-state index in [1.165, 1.54) is 5.56 Å². The van der Waals surface area contributed by atoms with E-state index >= 15 is 0 Å². The Hall–Kier alpha value is -0.860. The molecule has 0 radical (unpaired) electrons. The van der Waals surface area contributed by atoms with Gasteiger partial charge in [0.2, 0.25) is 0 Å². The number of hydrogen-bond acceptors (Lipinski definition) is 2. The number of rotatable bonds is 4. The number of aryl methyl sites for hydroxylation is 1. The molecule has 2 atom stereocenters. The van der Waals surface area contributed by atoms with Gasteiger partial charge in [-0.05, 0) is 25.8 Å². The average molecular weight is 207 g/mol. The van der Waals surface area contributed by atoms with Gasteiger partial charge in [0.25, 0.3) is 0 Å². The molecule has 2 unspecified atom stereocenters. The third-order valence-corrected chi connectivity index (χ3v) is 3.23. The fraction of sp³-hybridized carbons (Fsp3) is 0.538. The lowest BCUT2D eigenvalue weighted by Gasteiger charge is -2.33. The van der Waals surface area contributed by atoms with Gasteiger partial charge in [-0.3, -0.25) is 0 Å². The van der Waals surface area contributed by atoms with Crippen LogP contribution in [0, 0.1) is 6.92 Å². The summed E-state index contributed by atoms with van der Waals surface area (Å²) < 4.78 is 5.52. The summed E-state index contributed by atoms with van der Waals surface area (Å²) in [7, 11) is 1.72. The molecule has 0 heterocycles. The van der Waals surface area contributed by atoms with Gasteiger partial charge in [-0.15, -0.1) is 0 Å². The Morgan fingerprint density at radius 3 is 2.60 bits per heavy atom. The summed E-state index contributed by atoms with van der Waals surface area (Å²) in [5, 5.41) is 0. The van der Waals surface area contributed by atoms with Gasteiger partial charge in [-0.1, -0.05) is 36.8 Å². The van der Waals surface area contributed by atoms with E-state index in [2.05, 4.69) is 39.0 Å². The molecule has 84 valence electrons. The van der Waals surface area contributed by atoms with E-state index in [9.17, 15) is 0 Å². The van der Waals surface area contributed by atoms with Crippen LogP contribution < -0.4 is 5.73 Å². The second-order valence-electron chi connectivity index (χ2n) is 4.26. The van der Waals surface area contributed by atoms with Gasteiger partial charge >= 0.3 is 0 Å². The number of benzene rings is 1. The lowest BCUT2D eigenvalue weighted by atomic mass is 9.88. The number of nitrogens with two attached hydrogens (primary N) is 1. The third-order valence-electron chi connectivity index (χ3n) is 3.23. The van der Waals surface area contributed by atoms with Crippen molar-refractivity contribution in [2.45, 2.75) is 38.8 Å². The van der Waals surface area contributed by atoms with Crippen LogP contribution in [0.4, 0.5) is 0 Å². The van der Waals surface area contributed by atoms with Crippen LogP contribution in [0.3, 0.4) is 0 Å². The van der Waals surface area contributed by atoms with Crippen LogP contribution in [0.2, 0.25) is 0 Å². The van der Waals surface area contributed by atoms with E-state index in [0.717, 1.165) is 12.0 Å². The second kappa shape index (κ2) is 4.77. The second-order valence-corrected chi connectivity index (χ2v) is 4.26. The monoisotopic (exact) mass is 207 g/mol. The van der Waals surface area contributed by atoms with Crippen LogP contribution in [0.25, 0.3) is 0 Å². The highest BCUT2D eigenvalue weighted by atomic mass is 16.5. The lowest BCUT2D eigenvalue weighted by Crippen LogP contribution is -2.39. The summed E-state index contributed by atoms with van der Waals surface area (Å²) in [6, 6.07) is 8.22. The van der Waals surface area contributed by atoms with Crippen molar-refractivity contribution >= 4 is 0 Å². The quantitative estimate of drug-likeness (QED) is 0.824. The molecular formula is C13H21NO. The molecule has 0 aromatic heterocycles. The number of methoxy groups -OCH3 is 1. The van der Waals surface area contributed by atoms with E-state index in [-0.39, 0.29) is 11.6 Å². The van der Waals surface area contributed by atoms with Crippen molar-refractivity contribution in [2.75, 3.05) is 7.11 Å². The summed E-state index contributed by atoms with van der Waals surface area (Å²) in [6.07, 6.45) is 0.901. The van der Waals surface area contributed by atoms with Gasteiger partial charge in [0, 0.05) is 7.11 Å². The smallest absolute Gasteiger partial charge is 0.0839 e. The molecule has 2 heteroatoms. The Bertz CT molecular complexity index is 318. The summed E-state index contributed by atoms with van der Waals surface area (Å²) in [4.78, 5) is 0. The van der Waals surface area contributed by atoms with Gasteiger partial charge in [0.05, 0.1) is 11.6 Å². The molecule has 0 aliphatic heterocycles. The largest absolute Gasteiger partial charge is 0.377 e. The van der Waals surface area contributed by atoms with Gasteiger partial charge < -0.3 is 10.5 Å². The van der Waals surface area contributed by atoms with E-state index in [1.54, 1.807) is 7.11 Å². The predicted octanol–water partition coefficient (Wildman–Crippen LogP) is 2.81. The molecule has 0 aliphatic rings. The first-order valence-corrected chi connectivity index (χ1v) is 5.41. The SMILES string of the molecule is CCC(C)(OC)C(N)c1cccc(C)c1. The van der Waals surface area contributed by atoms with Crippen LogP contribution >= 0.6 is 0 Å². The Labute approximate surface area is 92.4 Å². The summed E-state index contributed by atoms with van der Waals surface area (Å²) in [6.45, 7) is 6.23. The van der Waals surface area contributed by atoms with Crippen LogP contribution in [0.5, 0.6) is 0 Å². The topological polar surface area (TPSA) is 35.2 Å². The molecule has 0 saturated carbocycles. The molecule has 0 fully saturated rings. The van der Waals surface area contributed by atoms with Crippen molar-refractivity contribution in [2.24, 2.45) is 5.73 Å². The highest BCUT2D eigenvalue weighted by Gasteiger charge is 2.30. The molecular weight excluding hydrogens is 186 g/mol. The molecule has 0 aliphatic carbocycles. The molecule has 0 saturated heterocycles. The van der Waals surface area contributed by atoms with Gasteiger partial charge in [0.15, 0.2) is 0 Å². The normalized spacial score (nSPS) is 17.1. The lowest BCUT2D eigenvalue weighted by molar-refractivity contribution is -0.0194. The highest BCUT2D eigenvalue weighted by Crippen LogP contribution is 2.29. The van der Waals surface area contributed by atoms with Crippen LogP contribution in [-0.2, 0) is 4.74 Å². The molecule has 2 nitrogen and oxygen atoms in total. The average Bonchev–Trinajstić information content (AvgIpc) is 2.27. The summed E-state index contributed by atoms with van der Waals surface area (Å²) in [5.74, 6) is 0. The molecule has 0 bridgehead atoms. The summed E-state index contributed by atoms with van der Waals surface area (Å²) >= 11 is 0. The van der Waals surface area contributed by atoms with Gasteiger partial charge in [0.1, 0.15) is 0 Å². The zero-order chi connectivity index (χ0) is 11.5. The van der Waals surface area contributed by atoms with Crippen molar-refractivity contribution < 1.29 is 4.74 Å². The van der Waals surface area contributed by atoms with Crippen molar-refractivity contribution in [1.82, 2.24) is 0 Å². The van der Waals surface area contributed by atoms with Crippen LogP contribution in [-0.4, -0.2) is 12.7 Å². The molecule has 0 spiro atoms. The maximum atomic E-state index is 6.24.